The molecule has 4 atom stereocenters. The van der Waals surface area contributed by atoms with Gasteiger partial charge in [-0.25, -0.2) is 4.68 Å². The van der Waals surface area contributed by atoms with E-state index in [2.05, 4.69) is 26.2 Å². The van der Waals surface area contributed by atoms with Crippen molar-refractivity contribution < 1.29 is 19.2 Å². The molecular weight excluding hydrogens is 480 g/mol. The van der Waals surface area contributed by atoms with Crippen molar-refractivity contribution in [2.75, 3.05) is 51.3 Å². The molecule has 4 saturated heterocycles. The zero-order valence-corrected chi connectivity index (χ0v) is 22.0. The number of piperazine rings is 1. The molecule has 4 aliphatic rings. The number of hydrogen-bond acceptors (Lipinski definition) is 6. The molecule has 200 valence electrons. The summed E-state index contributed by atoms with van der Waals surface area (Å²) in [6, 6.07) is 18.4. The number of para-hydroxylation sites is 3. The van der Waals surface area contributed by atoms with Crippen LogP contribution in [-0.2, 0) is 17.9 Å². The smallest absolute Gasteiger partial charge is 0.231 e. The molecule has 0 spiro atoms. The first-order chi connectivity index (χ1) is 18.7. The summed E-state index contributed by atoms with van der Waals surface area (Å²) >= 11 is 0. The van der Waals surface area contributed by atoms with Crippen LogP contribution in [0, 0.1) is 11.8 Å². The van der Waals surface area contributed by atoms with Crippen molar-refractivity contribution >= 4 is 11.6 Å². The van der Waals surface area contributed by atoms with Crippen LogP contribution in [0.25, 0.3) is 0 Å². The molecule has 4 fully saturated rings. The van der Waals surface area contributed by atoms with Gasteiger partial charge in [0.25, 0.3) is 0 Å². The second-order valence-electron chi connectivity index (χ2n) is 10.7. The summed E-state index contributed by atoms with van der Waals surface area (Å²) in [4.78, 5) is 19.6. The minimum atomic E-state index is 0.137. The number of carbonyl (C=O) groups is 1. The van der Waals surface area contributed by atoms with Crippen LogP contribution in [0.1, 0.15) is 18.5 Å². The highest BCUT2D eigenvalue weighted by atomic mass is 16.5. The van der Waals surface area contributed by atoms with Crippen LogP contribution in [0.5, 0.6) is 11.5 Å². The summed E-state index contributed by atoms with van der Waals surface area (Å²) in [6.07, 6.45) is 4.20. The first kappa shape index (κ1) is 24.7. The third-order valence-corrected chi connectivity index (χ3v) is 8.51. The number of anilines is 1. The van der Waals surface area contributed by atoms with Crippen molar-refractivity contribution in [1.29, 1.82) is 0 Å². The molecule has 1 N–H and O–H groups in total. The number of piperidine rings is 3. The summed E-state index contributed by atoms with van der Waals surface area (Å²) in [6.45, 7) is 6.53. The number of rotatable bonds is 8. The normalized spacial score (nSPS) is 24.9. The maximum Gasteiger partial charge on any atom is 0.231 e. The molecular formula is C29H37N6O3+. The lowest BCUT2D eigenvalue weighted by Gasteiger charge is -2.47. The molecule has 4 aliphatic heterocycles. The van der Waals surface area contributed by atoms with E-state index in [1.165, 1.54) is 4.90 Å². The van der Waals surface area contributed by atoms with Gasteiger partial charge in [-0.15, -0.1) is 5.10 Å². The lowest BCUT2D eigenvalue weighted by molar-refractivity contribution is -0.945. The van der Waals surface area contributed by atoms with Gasteiger partial charge < -0.3 is 24.2 Å². The van der Waals surface area contributed by atoms with Crippen LogP contribution in [-0.4, -0.2) is 78.2 Å². The molecule has 0 saturated carbocycles. The first-order valence-corrected chi connectivity index (χ1v) is 13.8. The van der Waals surface area contributed by atoms with Gasteiger partial charge in [0.2, 0.25) is 5.91 Å². The average molecular weight is 518 g/mol. The predicted octanol–water partition coefficient (Wildman–Crippen LogP) is 1.51. The highest BCUT2D eigenvalue weighted by molar-refractivity contribution is 5.80. The van der Waals surface area contributed by atoms with Crippen molar-refractivity contribution in [2.24, 2.45) is 11.8 Å². The fourth-order valence-electron chi connectivity index (χ4n) is 6.49. The number of fused-ring (bicyclic) bond motifs is 3. The first-order valence-electron chi connectivity index (χ1n) is 13.8. The Morgan fingerprint density at radius 1 is 1.05 bits per heavy atom. The summed E-state index contributed by atoms with van der Waals surface area (Å²) in [5.41, 5.74) is 1.94. The van der Waals surface area contributed by atoms with Crippen molar-refractivity contribution in [3.05, 3.63) is 66.5 Å². The zero-order chi connectivity index (χ0) is 25.9. The van der Waals surface area contributed by atoms with E-state index in [-0.39, 0.29) is 5.92 Å². The molecule has 7 rings (SSSR count). The second-order valence-corrected chi connectivity index (χ2v) is 10.7. The number of nitrogens with one attached hydrogen (secondary N) is 1. The maximum absolute atomic E-state index is 13.6. The van der Waals surface area contributed by atoms with Crippen molar-refractivity contribution in [2.45, 2.75) is 32.0 Å². The third-order valence-electron chi connectivity index (χ3n) is 8.51. The van der Waals surface area contributed by atoms with Gasteiger partial charge in [-0.2, -0.15) is 0 Å². The molecule has 0 radical (unpaired) electrons. The van der Waals surface area contributed by atoms with E-state index in [0.717, 1.165) is 81.5 Å². The predicted molar refractivity (Wildman–Crippen MR) is 143 cm³/mol. The molecule has 1 unspecified atom stereocenters. The summed E-state index contributed by atoms with van der Waals surface area (Å²) in [5, 5.41) is 8.67. The Labute approximate surface area is 223 Å². The van der Waals surface area contributed by atoms with E-state index >= 15 is 0 Å². The van der Waals surface area contributed by atoms with Gasteiger partial charge in [-0.05, 0) is 30.2 Å². The van der Waals surface area contributed by atoms with E-state index in [1.54, 1.807) is 7.11 Å². The van der Waals surface area contributed by atoms with Crippen LogP contribution >= 0.6 is 0 Å². The van der Waals surface area contributed by atoms with E-state index in [4.69, 9.17) is 9.47 Å². The van der Waals surface area contributed by atoms with E-state index in [1.807, 2.05) is 59.4 Å². The molecule has 1 aromatic heterocycles. The molecule has 38 heavy (non-hydrogen) atoms. The molecule has 0 aliphatic carbocycles. The van der Waals surface area contributed by atoms with Gasteiger partial charge in [0.1, 0.15) is 29.8 Å². The summed E-state index contributed by atoms with van der Waals surface area (Å²) in [5.74, 6) is 2.67. The lowest BCUT2D eigenvalue weighted by atomic mass is 9.75. The van der Waals surface area contributed by atoms with Crippen LogP contribution < -0.4 is 19.3 Å². The van der Waals surface area contributed by atoms with Crippen LogP contribution in [0.4, 0.5) is 5.69 Å². The summed E-state index contributed by atoms with van der Waals surface area (Å²) in [7, 11) is 1.71. The van der Waals surface area contributed by atoms with E-state index in [9.17, 15) is 4.79 Å². The maximum atomic E-state index is 13.6. The number of nitrogens with zero attached hydrogens (tertiary/aromatic N) is 5. The van der Waals surface area contributed by atoms with Crippen molar-refractivity contribution in [3.8, 4) is 11.5 Å². The van der Waals surface area contributed by atoms with Crippen LogP contribution in [0.3, 0.4) is 0 Å². The summed E-state index contributed by atoms with van der Waals surface area (Å²) < 4.78 is 13.3. The second kappa shape index (κ2) is 11.0. The number of methoxy groups -OCH3 is 1. The van der Waals surface area contributed by atoms with E-state index in [0.29, 0.717) is 24.5 Å². The quantitative estimate of drug-likeness (QED) is 0.488. The number of aromatic nitrogens is 3. The molecule has 9 heteroatoms. The molecule has 5 heterocycles. The highest BCUT2D eigenvalue weighted by Crippen LogP contribution is 2.31. The Balaban J connectivity index is 1.01. The van der Waals surface area contributed by atoms with Gasteiger partial charge in [0, 0.05) is 39.0 Å². The number of carbonyl (C=O) groups excluding carboxylic acids is 1. The van der Waals surface area contributed by atoms with Gasteiger partial charge >= 0.3 is 0 Å². The fourth-order valence-corrected chi connectivity index (χ4v) is 6.49. The Kier molecular flexibility index (Phi) is 7.18. The van der Waals surface area contributed by atoms with E-state index < -0.39 is 0 Å². The third kappa shape index (κ3) is 5.20. The Hall–Kier alpha value is -3.59. The number of amides is 1. The van der Waals surface area contributed by atoms with Crippen LogP contribution in [0.15, 0.2) is 60.8 Å². The van der Waals surface area contributed by atoms with Gasteiger partial charge in [0.15, 0.2) is 0 Å². The molecule has 9 nitrogen and oxygen atoms in total. The van der Waals surface area contributed by atoms with Gasteiger partial charge in [-0.3, -0.25) is 4.79 Å². The molecule has 3 aromatic rings. The van der Waals surface area contributed by atoms with Crippen LogP contribution in [0.2, 0.25) is 0 Å². The largest absolute Gasteiger partial charge is 0.495 e. The number of ether oxygens (including phenoxy) is 2. The zero-order valence-electron chi connectivity index (χ0n) is 22.0. The standard InChI is InChI=1S/C29H36N6O3/c1-37-28-10-6-5-9-27(28)32-13-15-33(16-14-32)29(36)26-20-34-12-11-22(26)17-24(34)19-35-18-23(30-31-35)21-38-25-7-3-2-4-8-25/h2-10,18,22,24,26H,11-17,19-21H2,1H3/p+1/t22-,24-,26+/m1/s1. The van der Waals surface area contributed by atoms with Crippen molar-refractivity contribution in [3.63, 3.8) is 0 Å². The fraction of sp³-hybridized carbons (Fsp3) is 0.483. The SMILES string of the molecule is COc1ccccc1N1CCN(C(=O)[C@H]2C[NH+]3CC[C@@H]2C[C@@H]3Cn2cc(COc3ccccc3)nn2)CC1. The number of hydrogen-bond donors (Lipinski definition) is 1. The Morgan fingerprint density at radius 3 is 2.61 bits per heavy atom. The number of benzene rings is 2. The highest BCUT2D eigenvalue weighted by Gasteiger charge is 2.48. The average Bonchev–Trinajstić information content (AvgIpc) is 3.44. The molecule has 2 bridgehead atoms. The molecule has 1 amide bonds. The Morgan fingerprint density at radius 2 is 1.84 bits per heavy atom. The topological polar surface area (TPSA) is 77.2 Å². The van der Waals surface area contributed by atoms with Gasteiger partial charge in [0.05, 0.1) is 44.5 Å². The number of quaternary nitrogens is 1. The van der Waals surface area contributed by atoms with Crippen molar-refractivity contribution in [1.82, 2.24) is 19.9 Å². The Bertz CT molecular complexity index is 1230. The minimum absolute atomic E-state index is 0.137. The molecule has 2 aromatic carbocycles. The minimum Gasteiger partial charge on any atom is -0.495 e. The monoisotopic (exact) mass is 517 g/mol. The lowest BCUT2D eigenvalue weighted by Crippen LogP contribution is -3.20. The van der Waals surface area contributed by atoms with Gasteiger partial charge in [-0.1, -0.05) is 35.5 Å².